The molecule has 0 spiro atoms. The summed E-state index contributed by atoms with van der Waals surface area (Å²) in [6.07, 6.45) is 5.75. The first-order valence-corrected chi connectivity index (χ1v) is 6.94. The van der Waals surface area contributed by atoms with Crippen molar-refractivity contribution in [3.63, 3.8) is 0 Å². The molecule has 0 saturated heterocycles. The van der Waals surface area contributed by atoms with E-state index in [1.165, 1.54) is 0 Å². The molecule has 0 amide bonds. The number of benzene rings is 1. The number of rotatable bonds is 6. The summed E-state index contributed by atoms with van der Waals surface area (Å²) >= 11 is 0. The van der Waals surface area contributed by atoms with Gasteiger partial charge in [0, 0.05) is 24.7 Å². The predicted molar refractivity (Wildman–Crippen MR) is 78.6 cm³/mol. The van der Waals surface area contributed by atoms with E-state index in [0.29, 0.717) is 6.42 Å². The maximum atomic E-state index is 10.6. The highest BCUT2D eigenvalue weighted by Crippen LogP contribution is 2.24. The second kappa shape index (κ2) is 6.37. The molecule has 0 saturated carbocycles. The quantitative estimate of drug-likeness (QED) is 0.878. The van der Waals surface area contributed by atoms with Crippen LogP contribution in [0.3, 0.4) is 0 Å². The van der Waals surface area contributed by atoms with E-state index in [0.717, 1.165) is 35.2 Å². The number of carbonyl (C=O) groups is 1. The van der Waals surface area contributed by atoms with Crippen molar-refractivity contribution < 1.29 is 9.90 Å². The molecule has 1 aromatic carbocycles. The van der Waals surface area contributed by atoms with Crippen molar-refractivity contribution >= 4 is 5.97 Å². The maximum Gasteiger partial charge on any atom is 0.303 e. The molecule has 0 bridgehead atoms. The summed E-state index contributed by atoms with van der Waals surface area (Å²) in [7, 11) is 0. The SMILES string of the molecule is CCCn1cc(-c2ccc(CCC(=O)O)cc2C)cn1. The lowest BCUT2D eigenvalue weighted by atomic mass is 9.99. The minimum Gasteiger partial charge on any atom is -0.481 e. The molecule has 4 nitrogen and oxygen atoms in total. The van der Waals surface area contributed by atoms with Crippen LogP contribution in [-0.2, 0) is 17.8 Å². The monoisotopic (exact) mass is 272 g/mol. The largest absolute Gasteiger partial charge is 0.481 e. The van der Waals surface area contributed by atoms with Crippen LogP contribution in [0.1, 0.15) is 30.9 Å². The van der Waals surface area contributed by atoms with E-state index >= 15 is 0 Å². The fourth-order valence-corrected chi connectivity index (χ4v) is 2.31. The van der Waals surface area contributed by atoms with Gasteiger partial charge in [0.15, 0.2) is 0 Å². The van der Waals surface area contributed by atoms with Gasteiger partial charge in [-0.1, -0.05) is 25.1 Å². The first kappa shape index (κ1) is 14.3. The van der Waals surface area contributed by atoms with Crippen molar-refractivity contribution in [2.45, 2.75) is 39.7 Å². The zero-order chi connectivity index (χ0) is 14.5. The minimum atomic E-state index is -0.757. The Hall–Kier alpha value is -2.10. The molecule has 2 rings (SSSR count). The topological polar surface area (TPSA) is 55.1 Å². The number of aliphatic carboxylic acids is 1. The minimum absolute atomic E-state index is 0.174. The Kier molecular flexibility index (Phi) is 4.56. The zero-order valence-corrected chi connectivity index (χ0v) is 12.0. The van der Waals surface area contributed by atoms with Gasteiger partial charge in [-0.15, -0.1) is 0 Å². The molecule has 0 aliphatic heterocycles. The van der Waals surface area contributed by atoms with Gasteiger partial charge in [0.25, 0.3) is 0 Å². The Balaban J connectivity index is 2.17. The number of aryl methyl sites for hydroxylation is 3. The lowest BCUT2D eigenvalue weighted by Gasteiger charge is -2.06. The van der Waals surface area contributed by atoms with Crippen molar-refractivity contribution in [3.8, 4) is 11.1 Å². The molecular weight excluding hydrogens is 252 g/mol. The average Bonchev–Trinajstić information content (AvgIpc) is 2.85. The highest BCUT2D eigenvalue weighted by Gasteiger charge is 2.07. The smallest absolute Gasteiger partial charge is 0.303 e. The molecule has 0 fully saturated rings. The van der Waals surface area contributed by atoms with Crippen molar-refractivity contribution in [1.29, 1.82) is 0 Å². The van der Waals surface area contributed by atoms with Crippen LogP contribution >= 0.6 is 0 Å². The van der Waals surface area contributed by atoms with Gasteiger partial charge in [-0.25, -0.2) is 0 Å². The van der Waals surface area contributed by atoms with Crippen molar-refractivity contribution in [1.82, 2.24) is 9.78 Å². The van der Waals surface area contributed by atoms with Crippen LogP contribution in [0.4, 0.5) is 0 Å². The van der Waals surface area contributed by atoms with Crippen LogP contribution < -0.4 is 0 Å². The Bertz CT molecular complexity index is 602. The van der Waals surface area contributed by atoms with Gasteiger partial charge in [-0.3, -0.25) is 9.48 Å². The number of aromatic nitrogens is 2. The summed E-state index contributed by atoms with van der Waals surface area (Å²) in [5.74, 6) is -0.757. The summed E-state index contributed by atoms with van der Waals surface area (Å²) in [6, 6.07) is 6.12. The van der Waals surface area contributed by atoms with Crippen molar-refractivity contribution in [3.05, 3.63) is 41.7 Å². The second-order valence-corrected chi connectivity index (χ2v) is 5.04. The van der Waals surface area contributed by atoms with Gasteiger partial charge in [0.2, 0.25) is 0 Å². The molecule has 2 aromatic rings. The fourth-order valence-electron chi connectivity index (χ4n) is 2.31. The van der Waals surface area contributed by atoms with Crippen LogP contribution in [0.5, 0.6) is 0 Å². The number of hydrogen-bond acceptors (Lipinski definition) is 2. The Morgan fingerprint density at radius 1 is 1.40 bits per heavy atom. The van der Waals surface area contributed by atoms with Crippen LogP contribution in [0.2, 0.25) is 0 Å². The first-order valence-electron chi connectivity index (χ1n) is 6.94. The normalized spacial score (nSPS) is 10.7. The lowest BCUT2D eigenvalue weighted by molar-refractivity contribution is -0.136. The summed E-state index contributed by atoms with van der Waals surface area (Å²) in [5, 5.41) is 13.1. The average molecular weight is 272 g/mol. The molecular formula is C16H20N2O2. The van der Waals surface area contributed by atoms with E-state index in [2.05, 4.69) is 37.3 Å². The van der Waals surface area contributed by atoms with Gasteiger partial charge in [-0.05, 0) is 36.5 Å². The molecule has 106 valence electrons. The van der Waals surface area contributed by atoms with Gasteiger partial charge in [-0.2, -0.15) is 5.10 Å². The fraction of sp³-hybridized carbons (Fsp3) is 0.375. The van der Waals surface area contributed by atoms with Gasteiger partial charge < -0.3 is 5.11 Å². The Morgan fingerprint density at radius 3 is 2.85 bits per heavy atom. The van der Waals surface area contributed by atoms with E-state index in [-0.39, 0.29) is 6.42 Å². The summed E-state index contributed by atoms with van der Waals surface area (Å²) in [6.45, 7) is 5.11. The van der Waals surface area contributed by atoms with Crippen LogP contribution in [-0.4, -0.2) is 20.9 Å². The van der Waals surface area contributed by atoms with Gasteiger partial charge in [0.05, 0.1) is 6.20 Å². The van der Waals surface area contributed by atoms with E-state index in [4.69, 9.17) is 5.11 Å². The van der Waals surface area contributed by atoms with Crippen molar-refractivity contribution in [2.24, 2.45) is 0 Å². The standard InChI is InChI=1S/C16H20N2O2/c1-3-8-18-11-14(10-17-18)15-6-4-13(9-12(15)2)5-7-16(19)20/h4,6,9-11H,3,5,7-8H2,1-2H3,(H,19,20). The van der Waals surface area contributed by atoms with E-state index < -0.39 is 5.97 Å². The number of carboxylic acid groups (broad SMARTS) is 1. The molecule has 0 atom stereocenters. The summed E-state index contributed by atoms with van der Waals surface area (Å²) < 4.78 is 1.95. The van der Waals surface area contributed by atoms with Gasteiger partial charge in [0.1, 0.15) is 0 Å². The number of hydrogen-bond donors (Lipinski definition) is 1. The van der Waals surface area contributed by atoms with Crippen LogP contribution in [0, 0.1) is 6.92 Å². The molecule has 4 heteroatoms. The maximum absolute atomic E-state index is 10.6. The van der Waals surface area contributed by atoms with E-state index in [1.807, 2.05) is 16.9 Å². The molecule has 0 aliphatic carbocycles. The van der Waals surface area contributed by atoms with Gasteiger partial charge >= 0.3 is 5.97 Å². The predicted octanol–water partition coefficient (Wildman–Crippen LogP) is 3.29. The second-order valence-electron chi connectivity index (χ2n) is 5.04. The molecule has 1 heterocycles. The molecule has 1 aromatic heterocycles. The molecule has 0 aliphatic rings. The zero-order valence-electron chi connectivity index (χ0n) is 12.0. The number of nitrogens with zero attached hydrogens (tertiary/aromatic N) is 2. The van der Waals surface area contributed by atoms with Crippen molar-refractivity contribution in [2.75, 3.05) is 0 Å². The van der Waals surface area contributed by atoms with E-state index in [9.17, 15) is 4.79 Å². The molecule has 20 heavy (non-hydrogen) atoms. The Morgan fingerprint density at radius 2 is 2.20 bits per heavy atom. The first-order chi connectivity index (χ1) is 9.60. The Labute approximate surface area is 119 Å². The van der Waals surface area contributed by atoms with Crippen LogP contribution in [0.25, 0.3) is 11.1 Å². The third-order valence-electron chi connectivity index (χ3n) is 3.32. The molecule has 0 radical (unpaired) electrons. The summed E-state index contributed by atoms with van der Waals surface area (Å²) in [5.41, 5.74) is 4.49. The summed E-state index contributed by atoms with van der Waals surface area (Å²) in [4.78, 5) is 10.6. The van der Waals surface area contributed by atoms with Crippen LogP contribution in [0.15, 0.2) is 30.6 Å². The number of carboxylic acids is 1. The highest BCUT2D eigenvalue weighted by molar-refractivity contribution is 5.68. The highest BCUT2D eigenvalue weighted by atomic mass is 16.4. The third-order valence-corrected chi connectivity index (χ3v) is 3.32. The third kappa shape index (κ3) is 3.47. The lowest BCUT2D eigenvalue weighted by Crippen LogP contribution is -1.98. The van der Waals surface area contributed by atoms with E-state index in [1.54, 1.807) is 0 Å². The molecule has 0 unspecified atom stereocenters. The molecule has 1 N–H and O–H groups in total.